The molecule has 0 amide bonds. The molecule has 0 saturated heterocycles. The summed E-state index contributed by atoms with van der Waals surface area (Å²) in [7, 11) is 0. The Bertz CT molecular complexity index is 895. The van der Waals surface area contributed by atoms with E-state index in [0.717, 1.165) is 12.0 Å². The van der Waals surface area contributed by atoms with E-state index in [1.54, 1.807) is 0 Å². The smallest absolute Gasteiger partial charge is 0.166 e. The molecule has 1 nitrogen and oxygen atoms in total. The largest absolute Gasteiger partial charge is 0.294 e. The predicted octanol–water partition coefficient (Wildman–Crippen LogP) is 8.27. The highest BCUT2D eigenvalue weighted by Gasteiger charge is 2.43. The van der Waals surface area contributed by atoms with Gasteiger partial charge in [0.1, 0.15) is 0 Å². The molecular weight excluding hydrogens is 364 g/mol. The van der Waals surface area contributed by atoms with Gasteiger partial charge in [0.05, 0.1) is 0 Å². The number of fused-ring (bicyclic) bond motifs is 4. The van der Waals surface area contributed by atoms with Crippen LogP contribution >= 0.6 is 0 Å². The molecule has 0 heterocycles. The molecule has 0 aliphatic heterocycles. The Hall–Kier alpha value is -1.89. The molecule has 0 spiro atoms. The van der Waals surface area contributed by atoms with Gasteiger partial charge in [-0.3, -0.25) is 4.79 Å². The highest BCUT2D eigenvalue weighted by Crippen LogP contribution is 2.55. The topological polar surface area (TPSA) is 17.1 Å². The van der Waals surface area contributed by atoms with Crippen LogP contribution in [0.3, 0.4) is 0 Å². The first-order valence-corrected chi connectivity index (χ1v) is 12.4. The molecular formula is C29H38O. The van der Waals surface area contributed by atoms with Gasteiger partial charge >= 0.3 is 0 Å². The fraction of sp³-hybridized carbons (Fsp3) is 0.552. The van der Waals surface area contributed by atoms with E-state index < -0.39 is 0 Å². The highest BCUT2D eigenvalue weighted by atomic mass is 16.1. The van der Waals surface area contributed by atoms with Gasteiger partial charge in [0, 0.05) is 16.9 Å². The first-order valence-electron chi connectivity index (χ1n) is 12.4. The van der Waals surface area contributed by atoms with Crippen molar-refractivity contribution in [3.8, 4) is 11.1 Å². The van der Waals surface area contributed by atoms with Gasteiger partial charge in [-0.1, -0.05) is 102 Å². The van der Waals surface area contributed by atoms with Crippen LogP contribution < -0.4 is 0 Å². The Morgan fingerprint density at radius 2 is 1.47 bits per heavy atom. The summed E-state index contributed by atoms with van der Waals surface area (Å²) in [4.78, 5) is 12.9. The molecule has 30 heavy (non-hydrogen) atoms. The molecule has 4 rings (SSSR count). The molecule has 0 radical (unpaired) electrons. The van der Waals surface area contributed by atoms with Crippen molar-refractivity contribution in [2.75, 3.05) is 0 Å². The zero-order valence-electron chi connectivity index (χ0n) is 19.2. The lowest BCUT2D eigenvalue weighted by molar-refractivity contribution is 0.0946. The fourth-order valence-corrected chi connectivity index (χ4v) is 6.00. The molecule has 0 saturated carbocycles. The number of hydrogen-bond acceptors (Lipinski definition) is 1. The van der Waals surface area contributed by atoms with Crippen LogP contribution in [-0.2, 0) is 11.8 Å². The van der Waals surface area contributed by atoms with Crippen LogP contribution in [0.1, 0.15) is 112 Å². The maximum Gasteiger partial charge on any atom is 0.166 e. The number of hydrogen-bond donors (Lipinski definition) is 0. The van der Waals surface area contributed by atoms with Gasteiger partial charge in [0.15, 0.2) is 5.78 Å². The third kappa shape index (κ3) is 3.66. The van der Waals surface area contributed by atoms with Crippen LogP contribution in [0.15, 0.2) is 36.4 Å². The second-order valence-corrected chi connectivity index (χ2v) is 9.77. The van der Waals surface area contributed by atoms with Gasteiger partial charge in [-0.05, 0) is 53.1 Å². The Morgan fingerprint density at radius 3 is 2.13 bits per heavy atom. The Balaban J connectivity index is 1.79. The van der Waals surface area contributed by atoms with Gasteiger partial charge < -0.3 is 0 Å². The third-order valence-corrected chi connectivity index (χ3v) is 7.65. The number of benzene rings is 2. The van der Waals surface area contributed by atoms with Gasteiger partial charge in [-0.2, -0.15) is 0 Å². The molecule has 0 N–H and O–H groups in total. The predicted molar refractivity (Wildman–Crippen MR) is 127 cm³/mol. The van der Waals surface area contributed by atoms with E-state index in [4.69, 9.17) is 0 Å². The molecule has 0 bridgehead atoms. The standard InChI is InChI=1S/C29H38O/c1-4-6-8-12-16-29(17-13-9-7-5-2)26-15-11-10-14-23(26)25-19-22-18-21(3)28(30)24(22)20-27(25)29/h10-11,14-15,19-21H,4-9,12-13,16-18H2,1-3H3. The zero-order valence-corrected chi connectivity index (χ0v) is 19.2. The van der Waals surface area contributed by atoms with Crippen LogP contribution in [-0.4, -0.2) is 5.78 Å². The van der Waals surface area contributed by atoms with E-state index in [9.17, 15) is 4.79 Å². The lowest BCUT2D eigenvalue weighted by Gasteiger charge is -2.33. The normalized spacial score (nSPS) is 18.4. The molecule has 1 atom stereocenters. The van der Waals surface area contributed by atoms with Crippen molar-refractivity contribution in [3.63, 3.8) is 0 Å². The van der Waals surface area contributed by atoms with Gasteiger partial charge in [0.2, 0.25) is 0 Å². The van der Waals surface area contributed by atoms with Crippen LogP contribution in [0.25, 0.3) is 11.1 Å². The molecule has 160 valence electrons. The third-order valence-electron chi connectivity index (χ3n) is 7.65. The number of ketones is 1. The molecule has 1 heteroatoms. The average Bonchev–Trinajstić information content (AvgIpc) is 3.19. The molecule has 2 aliphatic rings. The summed E-state index contributed by atoms with van der Waals surface area (Å²) in [6.45, 7) is 6.66. The first-order chi connectivity index (χ1) is 14.6. The number of rotatable bonds is 10. The number of carbonyl (C=O) groups is 1. The van der Waals surface area contributed by atoms with E-state index in [-0.39, 0.29) is 11.3 Å². The summed E-state index contributed by atoms with van der Waals surface area (Å²) in [6, 6.07) is 13.8. The van der Waals surface area contributed by atoms with Crippen molar-refractivity contribution in [3.05, 3.63) is 58.7 Å². The average molecular weight is 403 g/mol. The SMILES string of the molecule is CCCCCCC1(CCCCCC)c2ccccc2-c2cc3c(cc21)C(=O)C(C)C3. The van der Waals surface area contributed by atoms with Crippen LogP contribution in [0, 0.1) is 5.92 Å². The number of Topliss-reactive ketones (excluding diaryl/α,β-unsaturated/α-hetero) is 1. The van der Waals surface area contributed by atoms with E-state index in [1.807, 2.05) is 0 Å². The maximum absolute atomic E-state index is 12.9. The summed E-state index contributed by atoms with van der Waals surface area (Å²) in [5, 5.41) is 0. The quantitative estimate of drug-likeness (QED) is 0.365. The molecule has 2 aliphatic carbocycles. The summed E-state index contributed by atoms with van der Waals surface area (Å²) in [5.74, 6) is 0.496. The second-order valence-electron chi connectivity index (χ2n) is 9.77. The Kier molecular flexibility index (Phi) is 6.46. The second kappa shape index (κ2) is 9.08. The summed E-state index contributed by atoms with van der Waals surface area (Å²) in [6.07, 6.45) is 13.7. The number of carbonyl (C=O) groups excluding carboxylic acids is 1. The number of unbranched alkanes of at least 4 members (excludes halogenated alkanes) is 6. The van der Waals surface area contributed by atoms with E-state index in [1.165, 1.54) is 92.0 Å². The summed E-state index contributed by atoms with van der Waals surface area (Å²) >= 11 is 0. The lowest BCUT2D eigenvalue weighted by Crippen LogP contribution is -2.26. The van der Waals surface area contributed by atoms with Crippen molar-refractivity contribution in [2.24, 2.45) is 5.92 Å². The van der Waals surface area contributed by atoms with Crippen molar-refractivity contribution in [1.82, 2.24) is 0 Å². The van der Waals surface area contributed by atoms with E-state index >= 15 is 0 Å². The van der Waals surface area contributed by atoms with Gasteiger partial charge in [-0.15, -0.1) is 0 Å². The van der Waals surface area contributed by atoms with Crippen molar-refractivity contribution < 1.29 is 4.79 Å². The molecule has 0 aromatic heterocycles. The molecule has 2 aromatic rings. The van der Waals surface area contributed by atoms with Crippen molar-refractivity contribution >= 4 is 5.78 Å². The summed E-state index contributed by atoms with van der Waals surface area (Å²) in [5.41, 5.74) is 8.20. The van der Waals surface area contributed by atoms with Crippen LogP contribution in [0.4, 0.5) is 0 Å². The van der Waals surface area contributed by atoms with E-state index in [0.29, 0.717) is 5.78 Å². The molecule has 1 unspecified atom stereocenters. The minimum atomic E-state index is 0.0918. The molecule has 0 fully saturated rings. The Labute approximate surface area is 183 Å². The highest BCUT2D eigenvalue weighted by molar-refractivity contribution is 6.03. The summed E-state index contributed by atoms with van der Waals surface area (Å²) < 4.78 is 0. The minimum Gasteiger partial charge on any atom is -0.294 e. The minimum absolute atomic E-state index is 0.0918. The lowest BCUT2D eigenvalue weighted by atomic mass is 9.70. The van der Waals surface area contributed by atoms with Crippen molar-refractivity contribution in [1.29, 1.82) is 0 Å². The van der Waals surface area contributed by atoms with E-state index in [2.05, 4.69) is 57.2 Å². The van der Waals surface area contributed by atoms with Crippen LogP contribution in [0.5, 0.6) is 0 Å². The Morgan fingerprint density at radius 1 is 0.800 bits per heavy atom. The maximum atomic E-state index is 12.9. The fourth-order valence-electron chi connectivity index (χ4n) is 6.00. The zero-order chi connectivity index (χ0) is 21.1. The molecule has 2 aromatic carbocycles. The first kappa shape index (κ1) is 21.3. The van der Waals surface area contributed by atoms with Crippen LogP contribution in [0.2, 0.25) is 0 Å². The van der Waals surface area contributed by atoms with Gasteiger partial charge in [-0.25, -0.2) is 0 Å². The van der Waals surface area contributed by atoms with Crippen molar-refractivity contribution in [2.45, 2.75) is 96.8 Å². The van der Waals surface area contributed by atoms with Gasteiger partial charge in [0.25, 0.3) is 0 Å². The monoisotopic (exact) mass is 402 g/mol.